The van der Waals surface area contributed by atoms with Crippen molar-refractivity contribution in [1.82, 2.24) is 9.97 Å². The van der Waals surface area contributed by atoms with Crippen LogP contribution in [-0.2, 0) is 6.61 Å². The van der Waals surface area contributed by atoms with Crippen molar-refractivity contribution in [2.45, 2.75) is 26.1 Å². The predicted octanol–water partition coefficient (Wildman–Crippen LogP) is 3.73. The number of rotatable bonds is 6. The van der Waals surface area contributed by atoms with Gasteiger partial charge in [-0.3, -0.25) is 0 Å². The average Bonchev–Trinajstić information content (AvgIpc) is 3.18. The van der Waals surface area contributed by atoms with E-state index in [-0.39, 0.29) is 12.7 Å². The lowest BCUT2D eigenvalue weighted by atomic mass is 10.2. The Kier molecular flexibility index (Phi) is 5.39. The molecule has 3 aromatic rings. The van der Waals surface area contributed by atoms with Crippen molar-refractivity contribution in [3.8, 4) is 17.5 Å². The molecule has 1 aliphatic rings. The molecule has 0 spiro atoms. The van der Waals surface area contributed by atoms with Crippen LogP contribution in [0.15, 0.2) is 60.8 Å². The second-order valence-corrected chi connectivity index (χ2v) is 6.84. The number of para-hydroxylation sites is 1. The molecule has 1 N–H and O–H groups in total. The molecule has 0 radical (unpaired) electrons. The Bertz CT molecular complexity index is 916. The second kappa shape index (κ2) is 8.27. The molecule has 0 amide bonds. The van der Waals surface area contributed by atoms with Gasteiger partial charge < -0.3 is 19.5 Å². The summed E-state index contributed by atoms with van der Waals surface area (Å²) >= 11 is 0. The Labute approximate surface area is 164 Å². The van der Waals surface area contributed by atoms with E-state index in [1.54, 1.807) is 6.20 Å². The molecule has 0 saturated carbocycles. The number of aliphatic hydroxyl groups excluding tert-OH is 1. The fourth-order valence-corrected chi connectivity index (χ4v) is 3.28. The third-order valence-corrected chi connectivity index (χ3v) is 4.70. The van der Waals surface area contributed by atoms with Crippen LogP contribution in [0.4, 0.5) is 5.69 Å². The van der Waals surface area contributed by atoms with E-state index in [9.17, 15) is 5.11 Å². The van der Waals surface area contributed by atoms with Gasteiger partial charge in [-0.05, 0) is 30.7 Å². The van der Waals surface area contributed by atoms with Crippen LogP contribution in [0.5, 0.6) is 17.5 Å². The highest BCUT2D eigenvalue weighted by atomic mass is 16.5. The van der Waals surface area contributed by atoms with Crippen molar-refractivity contribution in [3.63, 3.8) is 0 Å². The maximum absolute atomic E-state index is 9.81. The lowest BCUT2D eigenvalue weighted by Crippen LogP contribution is -2.26. The maximum atomic E-state index is 9.81. The van der Waals surface area contributed by atoms with Crippen molar-refractivity contribution in [2.24, 2.45) is 0 Å². The number of aryl methyl sites for hydroxylation is 1. The highest BCUT2D eigenvalue weighted by molar-refractivity contribution is 5.53. The van der Waals surface area contributed by atoms with Gasteiger partial charge in [-0.15, -0.1) is 0 Å². The quantitative estimate of drug-likeness (QED) is 0.706. The minimum Gasteiger partial charge on any atom is -0.472 e. The number of pyridine rings is 2. The van der Waals surface area contributed by atoms with E-state index in [2.05, 4.69) is 14.9 Å². The smallest absolute Gasteiger partial charge is 0.219 e. The lowest BCUT2D eigenvalue weighted by Gasteiger charge is -2.21. The van der Waals surface area contributed by atoms with E-state index in [4.69, 9.17) is 9.47 Å². The molecule has 0 unspecified atom stereocenters. The molecule has 2 aromatic heterocycles. The highest BCUT2D eigenvalue weighted by Gasteiger charge is 2.26. The summed E-state index contributed by atoms with van der Waals surface area (Å²) in [5.41, 5.74) is 2.62. The predicted molar refractivity (Wildman–Crippen MR) is 107 cm³/mol. The first kappa shape index (κ1) is 18.3. The van der Waals surface area contributed by atoms with Gasteiger partial charge in [0.2, 0.25) is 11.8 Å². The normalized spacial score (nSPS) is 16.2. The maximum Gasteiger partial charge on any atom is 0.219 e. The summed E-state index contributed by atoms with van der Waals surface area (Å²) in [5.74, 6) is 1.83. The van der Waals surface area contributed by atoms with Crippen molar-refractivity contribution >= 4 is 5.69 Å². The summed E-state index contributed by atoms with van der Waals surface area (Å²) in [4.78, 5) is 11.0. The Morgan fingerprint density at radius 3 is 2.64 bits per heavy atom. The summed E-state index contributed by atoms with van der Waals surface area (Å²) < 4.78 is 11.8. The van der Waals surface area contributed by atoms with Gasteiger partial charge in [0, 0.05) is 31.3 Å². The van der Waals surface area contributed by atoms with Crippen LogP contribution >= 0.6 is 0 Å². The molecular weight excluding hydrogens is 354 g/mol. The van der Waals surface area contributed by atoms with Crippen LogP contribution in [-0.4, -0.2) is 34.3 Å². The van der Waals surface area contributed by atoms with Crippen LogP contribution in [0.1, 0.15) is 17.7 Å². The van der Waals surface area contributed by atoms with Gasteiger partial charge in [0.25, 0.3) is 0 Å². The zero-order chi connectivity index (χ0) is 19.3. The van der Waals surface area contributed by atoms with Crippen LogP contribution in [0, 0.1) is 6.92 Å². The number of aromatic nitrogens is 2. The Morgan fingerprint density at radius 1 is 1.07 bits per heavy atom. The number of hydrogen-bond donors (Lipinski definition) is 1. The molecule has 1 saturated heterocycles. The second-order valence-electron chi connectivity index (χ2n) is 6.84. The zero-order valence-corrected chi connectivity index (χ0v) is 15.8. The minimum absolute atomic E-state index is 0.0574. The molecule has 28 heavy (non-hydrogen) atoms. The molecule has 0 bridgehead atoms. The monoisotopic (exact) mass is 377 g/mol. The molecule has 0 aliphatic carbocycles. The van der Waals surface area contributed by atoms with E-state index < -0.39 is 0 Å². The van der Waals surface area contributed by atoms with E-state index in [1.807, 2.05) is 61.5 Å². The van der Waals surface area contributed by atoms with Crippen LogP contribution < -0.4 is 14.4 Å². The molecular formula is C22H23N3O3. The number of hydrogen-bond acceptors (Lipinski definition) is 6. The number of aliphatic hydroxyl groups is 1. The Morgan fingerprint density at radius 2 is 1.89 bits per heavy atom. The minimum atomic E-state index is -0.150. The van der Waals surface area contributed by atoms with Crippen molar-refractivity contribution < 1.29 is 14.6 Å². The lowest BCUT2D eigenvalue weighted by molar-refractivity contribution is 0.215. The van der Waals surface area contributed by atoms with Crippen molar-refractivity contribution in [3.05, 3.63) is 72.1 Å². The third kappa shape index (κ3) is 4.23. The summed E-state index contributed by atoms with van der Waals surface area (Å²) in [7, 11) is 0. The summed E-state index contributed by atoms with van der Waals surface area (Å²) in [6.45, 7) is 3.42. The summed E-state index contributed by atoms with van der Waals surface area (Å²) in [6.07, 6.45) is 2.76. The van der Waals surface area contributed by atoms with Gasteiger partial charge in [0.1, 0.15) is 11.9 Å². The number of ether oxygens (including phenoxy) is 2. The van der Waals surface area contributed by atoms with Gasteiger partial charge in [-0.1, -0.05) is 24.3 Å². The first-order chi connectivity index (χ1) is 13.7. The van der Waals surface area contributed by atoms with Gasteiger partial charge in [-0.2, -0.15) is 0 Å². The van der Waals surface area contributed by atoms with Crippen molar-refractivity contribution in [1.29, 1.82) is 0 Å². The molecule has 3 heterocycles. The molecule has 1 aromatic carbocycles. The SMILES string of the molecule is Cc1ccc(O[C@H]2CCN(c3ccc(Oc4ccccc4)nc3CO)C2)nc1. The van der Waals surface area contributed by atoms with E-state index in [0.717, 1.165) is 30.8 Å². The summed E-state index contributed by atoms with van der Waals surface area (Å²) in [6, 6.07) is 17.2. The van der Waals surface area contributed by atoms with Gasteiger partial charge in [-0.25, -0.2) is 9.97 Å². The Hall–Kier alpha value is -3.12. The van der Waals surface area contributed by atoms with Gasteiger partial charge in [0.15, 0.2) is 0 Å². The summed E-state index contributed by atoms with van der Waals surface area (Å²) in [5, 5.41) is 9.81. The largest absolute Gasteiger partial charge is 0.472 e. The number of nitrogens with zero attached hydrogens (tertiary/aromatic N) is 3. The van der Waals surface area contributed by atoms with E-state index in [1.165, 1.54) is 0 Å². The molecule has 6 nitrogen and oxygen atoms in total. The van der Waals surface area contributed by atoms with Gasteiger partial charge >= 0.3 is 0 Å². The van der Waals surface area contributed by atoms with Crippen LogP contribution in [0.3, 0.4) is 0 Å². The highest BCUT2D eigenvalue weighted by Crippen LogP contribution is 2.29. The topological polar surface area (TPSA) is 67.7 Å². The number of benzene rings is 1. The molecule has 1 fully saturated rings. The first-order valence-corrected chi connectivity index (χ1v) is 9.39. The zero-order valence-electron chi connectivity index (χ0n) is 15.8. The molecule has 4 rings (SSSR count). The standard InChI is InChI=1S/C22H23N3O3/c1-16-7-9-21(23-13-16)28-18-11-12-25(14-18)20-8-10-22(24-19(20)15-26)27-17-5-3-2-4-6-17/h2-10,13,18,26H,11-12,14-15H2,1H3/t18-/m0/s1. The molecule has 1 aliphatic heterocycles. The van der Waals surface area contributed by atoms with E-state index >= 15 is 0 Å². The van der Waals surface area contributed by atoms with E-state index in [0.29, 0.717) is 23.2 Å². The third-order valence-electron chi connectivity index (χ3n) is 4.70. The average molecular weight is 377 g/mol. The van der Waals surface area contributed by atoms with Crippen molar-refractivity contribution in [2.75, 3.05) is 18.0 Å². The molecule has 1 atom stereocenters. The Balaban J connectivity index is 1.44. The van der Waals surface area contributed by atoms with Crippen LogP contribution in [0.25, 0.3) is 0 Å². The fourth-order valence-electron chi connectivity index (χ4n) is 3.28. The first-order valence-electron chi connectivity index (χ1n) is 9.39. The fraction of sp³-hybridized carbons (Fsp3) is 0.273. The van der Waals surface area contributed by atoms with Gasteiger partial charge in [0.05, 0.1) is 24.5 Å². The molecule has 6 heteroatoms. The molecule has 144 valence electrons. The number of anilines is 1. The van der Waals surface area contributed by atoms with Crippen LogP contribution in [0.2, 0.25) is 0 Å².